The Bertz CT molecular complexity index is 479. The first-order valence-electron chi connectivity index (χ1n) is 7.79. The molecular formula is C17H26N2O2. The zero-order valence-corrected chi connectivity index (χ0v) is 13.2. The summed E-state index contributed by atoms with van der Waals surface area (Å²) >= 11 is 0. The van der Waals surface area contributed by atoms with Crippen LogP contribution in [0.2, 0.25) is 0 Å². The molecule has 4 nitrogen and oxygen atoms in total. The van der Waals surface area contributed by atoms with Crippen LogP contribution in [0.15, 0.2) is 24.3 Å². The van der Waals surface area contributed by atoms with Gasteiger partial charge in [0.1, 0.15) is 0 Å². The lowest BCUT2D eigenvalue weighted by atomic mass is 9.86. The van der Waals surface area contributed by atoms with Gasteiger partial charge in [-0.2, -0.15) is 0 Å². The summed E-state index contributed by atoms with van der Waals surface area (Å²) in [5, 5.41) is 12.6. The largest absolute Gasteiger partial charge is 0.481 e. The lowest BCUT2D eigenvalue weighted by molar-refractivity contribution is -0.142. The summed E-state index contributed by atoms with van der Waals surface area (Å²) in [6.07, 6.45) is 3.42. The van der Waals surface area contributed by atoms with E-state index in [0.717, 1.165) is 31.4 Å². The molecule has 1 fully saturated rings. The van der Waals surface area contributed by atoms with Crippen molar-refractivity contribution in [3.8, 4) is 0 Å². The smallest absolute Gasteiger partial charge is 0.306 e. The van der Waals surface area contributed by atoms with Gasteiger partial charge in [0.25, 0.3) is 0 Å². The molecule has 1 saturated carbocycles. The molecule has 21 heavy (non-hydrogen) atoms. The zero-order chi connectivity index (χ0) is 15.4. The van der Waals surface area contributed by atoms with E-state index >= 15 is 0 Å². The predicted molar refractivity (Wildman–Crippen MR) is 87.0 cm³/mol. The van der Waals surface area contributed by atoms with Crippen molar-refractivity contribution in [1.29, 1.82) is 0 Å². The molecule has 1 aliphatic rings. The molecule has 0 aliphatic heterocycles. The van der Waals surface area contributed by atoms with Gasteiger partial charge in [0.15, 0.2) is 0 Å². The van der Waals surface area contributed by atoms with Crippen LogP contribution >= 0.6 is 0 Å². The highest BCUT2D eigenvalue weighted by Crippen LogP contribution is 2.28. The van der Waals surface area contributed by atoms with Crippen molar-refractivity contribution in [2.24, 2.45) is 5.92 Å². The molecule has 0 atom stereocenters. The van der Waals surface area contributed by atoms with E-state index in [9.17, 15) is 4.79 Å². The molecule has 1 aliphatic carbocycles. The normalized spacial score (nSPS) is 22.1. The monoisotopic (exact) mass is 290 g/mol. The van der Waals surface area contributed by atoms with Crippen LogP contribution in [0.25, 0.3) is 0 Å². The third kappa shape index (κ3) is 4.13. The Hall–Kier alpha value is -1.71. The molecule has 0 radical (unpaired) electrons. The van der Waals surface area contributed by atoms with Gasteiger partial charge < -0.3 is 15.3 Å². The van der Waals surface area contributed by atoms with Crippen molar-refractivity contribution >= 4 is 17.3 Å². The molecule has 0 saturated heterocycles. The fraction of sp³-hybridized carbons (Fsp3) is 0.588. The molecule has 0 bridgehead atoms. The van der Waals surface area contributed by atoms with E-state index in [1.165, 1.54) is 5.69 Å². The first-order valence-corrected chi connectivity index (χ1v) is 7.79. The third-order valence-corrected chi connectivity index (χ3v) is 4.48. The van der Waals surface area contributed by atoms with Crippen LogP contribution in [0.5, 0.6) is 0 Å². The number of hydrogen-bond donors (Lipinski definition) is 2. The fourth-order valence-corrected chi connectivity index (χ4v) is 2.83. The van der Waals surface area contributed by atoms with Crippen molar-refractivity contribution < 1.29 is 9.90 Å². The maximum atomic E-state index is 11.0. The van der Waals surface area contributed by atoms with Gasteiger partial charge in [-0.15, -0.1) is 0 Å². The Morgan fingerprint density at radius 2 is 1.95 bits per heavy atom. The molecular weight excluding hydrogens is 264 g/mol. The van der Waals surface area contributed by atoms with Gasteiger partial charge in [-0.1, -0.05) is 6.07 Å². The van der Waals surface area contributed by atoms with E-state index in [1.807, 2.05) is 0 Å². The molecule has 1 aromatic rings. The number of nitrogens with one attached hydrogen (secondary N) is 1. The molecule has 2 rings (SSSR count). The second kappa shape index (κ2) is 6.83. The molecule has 0 aromatic heterocycles. The van der Waals surface area contributed by atoms with E-state index in [2.05, 4.69) is 55.4 Å². The number of aliphatic carboxylic acids is 1. The molecule has 0 spiro atoms. The number of carboxylic acid groups (broad SMARTS) is 1. The number of anilines is 2. The minimum atomic E-state index is -0.644. The van der Waals surface area contributed by atoms with Crippen molar-refractivity contribution in [3.05, 3.63) is 24.3 Å². The lowest BCUT2D eigenvalue weighted by Gasteiger charge is -2.29. The Morgan fingerprint density at radius 3 is 2.52 bits per heavy atom. The Morgan fingerprint density at radius 1 is 1.29 bits per heavy atom. The molecule has 0 amide bonds. The van der Waals surface area contributed by atoms with Crippen LogP contribution in [0, 0.1) is 5.92 Å². The number of nitrogens with zero attached hydrogens (tertiary/aromatic N) is 1. The fourth-order valence-electron chi connectivity index (χ4n) is 2.83. The standard InChI is InChI=1S/C17H26N2O2/c1-12(2)19(3)16-6-4-5-15(11-16)18-14-9-7-13(8-10-14)17(20)21/h4-6,11-14,18H,7-10H2,1-3H3,(H,20,21). The predicted octanol–water partition coefficient (Wildman–Crippen LogP) is 3.59. The first kappa shape index (κ1) is 15.7. The van der Waals surface area contributed by atoms with E-state index in [-0.39, 0.29) is 5.92 Å². The van der Waals surface area contributed by atoms with E-state index in [4.69, 9.17) is 5.11 Å². The highest BCUT2D eigenvalue weighted by Gasteiger charge is 2.25. The number of carbonyl (C=O) groups is 1. The van der Waals surface area contributed by atoms with Crippen LogP contribution in [-0.2, 0) is 4.79 Å². The van der Waals surface area contributed by atoms with Gasteiger partial charge in [-0.05, 0) is 57.7 Å². The van der Waals surface area contributed by atoms with Gasteiger partial charge in [-0.3, -0.25) is 4.79 Å². The lowest BCUT2D eigenvalue weighted by Crippen LogP contribution is -2.29. The molecule has 4 heteroatoms. The Kier molecular flexibility index (Phi) is 5.10. The second-order valence-electron chi connectivity index (χ2n) is 6.29. The quantitative estimate of drug-likeness (QED) is 0.870. The minimum absolute atomic E-state index is 0.151. The molecule has 0 unspecified atom stereocenters. The number of carboxylic acids is 1. The molecule has 116 valence electrons. The Labute approximate surface area is 127 Å². The average molecular weight is 290 g/mol. The van der Waals surface area contributed by atoms with Gasteiger partial charge in [-0.25, -0.2) is 0 Å². The van der Waals surface area contributed by atoms with Gasteiger partial charge >= 0.3 is 5.97 Å². The number of hydrogen-bond acceptors (Lipinski definition) is 3. The number of rotatable bonds is 5. The average Bonchev–Trinajstić information content (AvgIpc) is 2.47. The van der Waals surface area contributed by atoms with Crippen molar-refractivity contribution in [2.75, 3.05) is 17.3 Å². The first-order chi connectivity index (χ1) is 9.97. The third-order valence-electron chi connectivity index (χ3n) is 4.48. The summed E-state index contributed by atoms with van der Waals surface area (Å²) in [6.45, 7) is 4.35. The number of benzene rings is 1. The Balaban J connectivity index is 1.95. The SMILES string of the molecule is CC(C)N(C)c1cccc(NC2CCC(C(=O)O)CC2)c1. The minimum Gasteiger partial charge on any atom is -0.481 e. The van der Waals surface area contributed by atoms with Crippen LogP contribution < -0.4 is 10.2 Å². The molecule has 2 N–H and O–H groups in total. The van der Waals surface area contributed by atoms with Crippen molar-refractivity contribution in [1.82, 2.24) is 0 Å². The van der Waals surface area contributed by atoms with Gasteiger partial charge in [0, 0.05) is 30.5 Å². The highest BCUT2D eigenvalue weighted by molar-refractivity contribution is 5.70. The van der Waals surface area contributed by atoms with Gasteiger partial charge in [0.05, 0.1) is 5.92 Å². The maximum absolute atomic E-state index is 11.0. The van der Waals surface area contributed by atoms with Crippen LogP contribution in [-0.4, -0.2) is 30.2 Å². The summed E-state index contributed by atoms with van der Waals surface area (Å²) in [5.74, 6) is -0.796. The van der Waals surface area contributed by atoms with E-state index < -0.39 is 5.97 Å². The highest BCUT2D eigenvalue weighted by atomic mass is 16.4. The molecule has 0 heterocycles. The molecule has 1 aromatic carbocycles. The summed E-state index contributed by atoms with van der Waals surface area (Å²) in [4.78, 5) is 13.2. The van der Waals surface area contributed by atoms with Crippen LogP contribution in [0.3, 0.4) is 0 Å². The van der Waals surface area contributed by atoms with Crippen LogP contribution in [0.4, 0.5) is 11.4 Å². The summed E-state index contributed by atoms with van der Waals surface area (Å²) < 4.78 is 0. The van der Waals surface area contributed by atoms with Crippen molar-refractivity contribution in [3.63, 3.8) is 0 Å². The van der Waals surface area contributed by atoms with E-state index in [1.54, 1.807) is 0 Å². The summed E-state index contributed by atoms with van der Waals surface area (Å²) in [5.41, 5.74) is 2.33. The summed E-state index contributed by atoms with van der Waals surface area (Å²) in [6, 6.07) is 9.29. The van der Waals surface area contributed by atoms with Crippen LogP contribution in [0.1, 0.15) is 39.5 Å². The summed E-state index contributed by atoms with van der Waals surface area (Å²) in [7, 11) is 2.10. The topological polar surface area (TPSA) is 52.6 Å². The van der Waals surface area contributed by atoms with Crippen molar-refractivity contribution in [2.45, 2.75) is 51.6 Å². The maximum Gasteiger partial charge on any atom is 0.306 e. The van der Waals surface area contributed by atoms with Gasteiger partial charge in [0.2, 0.25) is 0 Å². The van der Waals surface area contributed by atoms with E-state index in [0.29, 0.717) is 12.1 Å². The second-order valence-corrected chi connectivity index (χ2v) is 6.29. The zero-order valence-electron chi connectivity index (χ0n) is 13.2.